The van der Waals surface area contributed by atoms with Gasteiger partial charge in [0.2, 0.25) is 5.13 Å². The zero-order chi connectivity index (χ0) is 16.1. The lowest BCUT2D eigenvalue weighted by molar-refractivity contribution is 0.0949. The van der Waals surface area contributed by atoms with Crippen LogP contribution < -0.4 is 4.90 Å². The van der Waals surface area contributed by atoms with Gasteiger partial charge in [-0.15, -0.1) is 10.2 Å². The number of furan rings is 1. The first-order valence-electron chi connectivity index (χ1n) is 6.88. The lowest BCUT2D eigenvalue weighted by Crippen LogP contribution is -2.33. The molecule has 0 fully saturated rings. The summed E-state index contributed by atoms with van der Waals surface area (Å²) in [4.78, 5) is 18.1. The summed E-state index contributed by atoms with van der Waals surface area (Å²) < 4.78 is 10.3. The molecule has 3 aromatic heterocycles. The molecule has 0 radical (unpaired) electrons. The Bertz CT molecular complexity index is 758. The minimum atomic E-state index is -0.277. The summed E-state index contributed by atoms with van der Waals surface area (Å²) in [5, 5.41) is 9.45. The second-order valence-electron chi connectivity index (χ2n) is 4.56. The smallest absolute Gasteiger partial charge is 0.295 e. The first-order valence-corrected chi connectivity index (χ1v) is 7.69. The van der Waals surface area contributed by atoms with Crippen molar-refractivity contribution in [2.45, 2.75) is 0 Å². The van der Waals surface area contributed by atoms with E-state index in [4.69, 9.17) is 9.15 Å². The van der Waals surface area contributed by atoms with E-state index in [0.29, 0.717) is 23.3 Å². The van der Waals surface area contributed by atoms with Gasteiger partial charge in [0.05, 0.1) is 19.4 Å². The van der Waals surface area contributed by atoms with Crippen LogP contribution in [0.25, 0.3) is 10.6 Å². The molecule has 0 saturated carbocycles. The van der Waals surface area contributed by atoms with Crippen molar-refractivity contribution >= 4 is 22.4 Å². The number of carbonyl (C=O) groups is 1. The van der Waals surface area contributed by atoms with Gasteiger partial charge in [-0.1, -0.05) is 11.3 Å². The average molecular weight is 330 g/mol. The van der Waals surface area contributed by atoms with Crippen LogP contribution in [0.5, 0.6) is 0 Å². The highest BCUT2D eigenvalue weighted by molar-refractivity contribution is 7.18. The van der Waals surface area contributed by atoms with Gasteiger partial charge in [-0.3, -0.25) is 14.7 Å². The second-order valence-corrected chi connectivity index (χ2v) is 5.51. The van der Waals surface area contributed by atoms with Crippen molar-refractivity contribution in [3.05, 3.63) is 48.7 Å². The Kier molecular flexibility index (Phi) is 4.74. The van der Waals surface area contributed by atoms with Crippen LogP contribution in [0.15, 0.2) is 47.3 Å². The van der Waals surface area contributed by atoms with Crippen LogP contribution in [-0.2, 0) is 4.74 Å². The van der Waals surface area contributed by atoms with Gasteiger partial charge in [0, 0.05) is 25.1 Å². The van der Waals surface area contributed by atoms with Crippen LogP contribution in [0.1, 0.15) is 10.6 Å². The molecule has 0 bridgehead atoms. The average Bonchev–Trinajstić information content (AvgIpc) is 3.28. The third-order valence-corrected chi connectivity index (χ3v) is 4.05. The van der Waals surface area contributed by atoms with Crippen molar-refractivity contribution in [3.63, 3.8) is 0 Å². The van der Waals surface area contributed by atoms with Crippen LogP contribution in [0.4, 0.5) is 5.13 Å². The zero-order valence-electron chi connectivity index (χ0n) is 12.4. The van der Waals surface area contributed by atoms with E-state index < -0.39 is 0 Å². The summed E-state index contributed by atoms with van der Waals surface area (Å²) in [6.45, 7) is 0.742. The zero-order valence-corrected chi connectivity index (χ0v) is 13.2. The maximum Gasteiger partial charge on any atom is 0.295 e. The Morgan fingerprint density at radius 3 is 2.96 bits per heavy atom. The fourth-order valence-corrected chi connectivity index (χ4v) is 2.79. The standard InChI is InChI=1S/C15H14N4O3S/c1-21-9-7-19(14(20)12-5-3-8-22-12)15-18-17-13(23-15)11-4-2-6-16-10-11/h2-6,8,10H,7,9H2,1H3. The third kappa shape index (κ3) is 3.43. The fraction of sp³-hybridized carbons (Fsp3) is 0.200. The molecule has 3 aromatic rings. The molecular formula is C15H14N4O3S. The molecule has 3 heterocycles. The lowest BCUT2D eigenvalue weighted by atomic mass is 10.3. The number of ether oxygens (including phenoxy) is 1. The van der Waals surface area contributed by atoms with E-state index in [1.165, 1.54) is 22.5 Å². The van der Waals surface area contributed by atoms with Crippen molar-refractivity contribution in [1.29, 1.82) is 0 Å². The fourth-order valence-electron chi connectivity index (χ4n) is 1.93. The van der Waals surface area contributed by atoms with Crippen molar-refractivity contribution in [2.75, 3.05) is 25.2 Å². The molecular weight excluding hydrogens is 316 g/mol. The topological polar surface area (TPSA) is 81.4 Å². The molecule has 118 valence electrons. The van der Waals surface area contributed by atoms with Gasteiger partial charge in [-0.05, 0) is 24.3 Å². The van der Waals surface area contributed by atoms with E-state index in [0.717, 1.165) is 5.56 Å². The summed E-state index contributed by atoms with van der Waals surface area (Å²) in [6, 6.07) is 7.01. The predicted molar refractivity (Wildman–Crippen MR) is 85.4 cm³/mol. The number of hydrogen-bond acceptors (Lipinski definition) is 7. The Balaban J connectivity index is 1.88. The number of amides is 1. The van der Waals surface area contributed by atoms with Gasteiger partial charge in [0.1, 0.15) is 0 Å². The molecule has 8 heteroatoms. The third-order valence-electron chi connectivity index (χ3n) is 3.05. The van der Waals surface area contributed by atoms with E-state index in [-0.39, 0.29) is 11.7 Å². The van der Waals surface area contributed by atoms with Crippen molar-refractivity contribution < 1.29 is 13.9 Å². The number of hydrogen-bond donors (Lipinski definition) is 0. The molecule has 0 unspecified atom stereocenters. The molecule has 0 atom stereocenters. The number of methoxy groups -OCH3 is 1. The Morgan fingerprint density at radius 1 is 1.35 bits per heavy atom. The van der Waals surface area contributed by atoms with Gasteiger partial charge in [-0.2, -0.15) is 0 Å². The molecule has 0 aromatic carbocycles. The molecule has 1 amide bonds. The highest BCUT2D eigenvalue weighted by Crippen LogP contribution is 2.28. The molecule has 0 aliphatic rings. The second kappa shape index (κ2) is 7.12. The van der Waals surface area contributed by atoms with Gasteiger partial charge < -0.3 is 9.15 Å². The Labute approximate surface area is 136 Å². The SMILES string of the molecule is COCCN(C(=O)c1ccco1)c1nnc(-c2cccnc2)s1. The van der Waals surface area contributed by atoms with Gasteiger partial charge in [0.15, 0.2) is 10.8 Å². The van der Waals surface area contributed by atoms with Crippen molar-refractivity contribution in [3.8, 4) is 10.6 Å². The van der Waals surface area contributed by atoms with Gasteiger partial charge in [-0.25, -0.2) is 0 Å². The first-order chi connectivity index (χ1) is 11.3. The molecule has 0 N–H and O–H groups in total. The Hall–Kier alpha value is -2.58. The van der Waals surface area contributed by atoms with Crippen LogP contribution >= 0.6 is 11.3 Å². The number of nitrogens with zero attached hydrogens (tertiary/aromatic N) is 4. The summed E-state index contributed by atoms with van der Waals surface area (Å²) >= 11 is 1.32. The summed E-state index contributed by atoms with van der Waals surface area (Å²) in [7, 11) is 1.58. The molecule has 0 aliphatic carbocycles. The number of pyridine rings is 1. The van der Waals surface area contributed by atoms with Crippen LogP contribution in [0, 0.1) is 0 Å². The van der Waals surface area contributed by atoms with Crippen molar-refractivity contribution in [2.24, 2.45) is 0 Å². The lowest BCUT2D eigenvalue weighted by Gasteiger charge is -2.17. The maximum atomic E-state index is 12.6. The van der Waals surface area contributed by atoms with E-state index >= 15 is 0 Å². The first kappa shape index (κ1) is 15.3. The van der Waals surface area contributed by atoms with Gasteiger partial charge >= 0.3 is 0 Å². The van der Waals surface area contributed by atoms with Crippen LogP contribution in [0.3, 0.4) is 0 Å². The number of aromatic nitrogens is 3. The summed E-state index contributed by atoms with van der Waals surface area (Å²) in [5.41, 5.74) is 0.855. The van der Waals surface area contributed by atoms with Crippen LogP contribution in [-0.4, -0.2) is 41.3 Å². The highest BCUT2D eigenvalue weighted by atomic mass is 32.1. The van der Waals surface area contributed by atoms with E-state index in [9.17, 15) is 4.79 Å². The quantitative estimate of drug-likeness (QED) is 0.690. The number of carbonyl (C=O) groups excluding carboxylic acids is 1. The van der Waals surface area contributed by atoms with Crippen molar-refractivity contribution in [1.82, 2.24) is 15.2 Å². The normalized spacial score (nSPS) is 10.7. The molecule has 0 spiro atoms. The summed E-state index contributed by atoms with van der Waals surface area (Å²) in [6.07, 6.45) is 4.86. The van der Waals surface area contributed by atoms with E-state index in [2.05, 4.69) is 15.2 Å². The van der Waals surface area contributed by atoms with E-state index in [1.54, 1.807) is 31.6 Å². The Morgan fingerprint density at radius 2 is 2.26 bits per heavy atom. The summed E-state index contributed by atoms with van der Waals surface area (Å²) in [5.74, 6) is -0.0276. The molecule has 23 heavy (non-hydrogen) atoms. The highest BCUT2D eigenvalue weighted by Gasteiger charge is 2.23. The number of rotatable bonds is 6. The minimum absolute atomic E-state index is 0.249. The molecule has 0 aliphatic heterocycles. The van der Waals surface area contributed by atoms with Crippen LogP contribution in [0.2, 0.25) is 0 Å². The molecule has 0 saturated heterocycles. The predicted octanol–water partition coefficient (Wildman–Crippen LogP) is 2.49. The molecule has 7 nitrogen and oxygen atoms in total. The molecule has 3 rings (SSSR count). The van der Waals surface area contributed by atoms with E-state index in [1.807, 2.05) is 12.1 Å². The monoisotopic (exact) mass is 330 g/mol. The number of anilines is 1. The largest absolute Gasteiger partial charge is 0.459 e. The van der Waals surface area contributed by atoms with Gasteiger partial charge in [0.25, 0.3) is 5.91 Å². The minimum Gasteiger partial charge on any atom is -0.459 e. The maximum absolute atomic E-state index is 12.6.